The molecule has 0 aliphatic rings. The first-order chi connectivity index (χ1) is 8.65. The Bertz CT molecular complexity index is 357. The first-order valence-electron chi connectivity index (χ1n) is 6.67. The van der Waals surface area contributed by atoms with Gasteiger partial charge in [-0.25, -0.2) is 0 Å². The van der Waals surface area contributed by atoms with Gasteiger partial charge < -0.3 is 10.2 Å². The van der Waals surface area contributed by atoms with Crippen molar-refractivity contribution in [3.63, 3.8) is 0 Å². The minimum Gasteiger partial charge on any atom is -0.508 e. The number of unbranched alkanes of at least 4 members (excludes halogenated alkanes) is 4. The first-order valence-corrected chi connectivity index (χ1v) is 6.67. The number of benzene rings is 1. The van der Waals surface area contributed by atoms with Gasteiger partial charge in [0.15, 0.2) is 0 Å². The summed E-state index contributed by atoms with van der Waals surface area (Å²) in [6, 6.07) is 6.48. The minimum absolute atomic E-state index is 0.172. The SMILES string of the molecule is CCCCCCCC(C(=O)O)c1ccc(O)cc1. The van der Waals surface area contributed by atoms with Gasteiger partial charge in [-0.3, -0.25) is 4.79 Å². The van der Waals surface area contributed by atoms with Crippen LogP contribution in [0.5, 0.6) is 5.75 Å². The number of carbonyl (C=O) groups is 1. The van der Waals surface area contributed by atoms with Crippen molar-refractivity contribution in [3.05, 3.63) is 29.8 Å². The molecule has 0 amide bonds. The summed E-state index contributed by atoms with van der Waals surface area (Å²) in [5.41, 5.74) is 0.774. The van der Waals surface area contributed by atoms with E-state index in [0.717, 1.165) is 18.4 Å². The average molecular weight is 250 g/mol. The zero-order valence-corrected chi connectivity index (χ0v) is 10.9. The maximum Gasteiger partial charge on any atom is 0.310 e. The Morgan fingerprint density at radius 2 is 1.72 bits per heavy atom. The van der Waals surface area contributed by atoms with E-state index in [2.05, 4.69) is 6.92 Å². The molecule has 0 bridgehead atoms. The third kappa shape index (κ3) is 4.78. The summed E-state index contributed by atoms with van der Waals surface area (Å²) in [5.74, 6) is -1.06. The largest absolute Gasteiger partial charge is 0.508 e. The number of carboxylic acid groups (broad SMARTS) is 1. The molecule has 0 aliphatic carbocycles. The average Bonchev–Trinajstić information content (AvgIpc) is 2.35. The molecular weight excluding hydrogens is 228 g/mol. The van der Waals surface area contributed by atoms with Crippen LogP contribution >= 0.6 is 0 Å². The molecule has 3 heteroatoms. The van der Waals surface area contributed by atoms with Crippen LogP contribution in [-0.2, 0) is 4.79 Å². The number of hydrogen-bond donors (Lipinski definition) is 2. The Morgan fingerprint density at radius 3 is 2.28 bits per heavy atom. The smallest absolute Gasteiger partial charge is 0.310 e. The van der Waals surface area contributed by atoms with Crippen molar-refractivity contribution in [1.82, 2.24) is 0 Å². The zero-order valence-electron chi connectivity index (χ0n) is 10.9. The number of phenolic OH excluding ortho intramolecular Hbond substituents is 1. The van der Waals surface area contributed by atoms with E-state index in [1.807, 2.05) is 0 Å². The van der Waals surface area contributed by atoms with Crippen molar-refractivity contribution in [1.29, 1.82) is 0 Å². The summed E-state index contributed by atoms with van der Waals surface area (Å²) < 4.78 is 0. The van der Waals surface area contributed by atoms with E-state index < -0.39 is 11.9 Å². The molecule has 0 saturated carbocycles. The second-order valence-corrected chi connectivity index (χ2v) is 4.69. The molecular formula is C15H22O3. The standard InChI is InChI=1S/C15H22O3/c1-2-3-4-5-6-7-14(15(17)18)12-8-10-13(16)11-9-12/h8-11,14,16H,2-7H2,1H3,(H,17,18). The monoisotopic (exact) mass is 250 g/mol. The number of carboxylic acids is 1. The van der Waals surface area contributed by atoms with Gasteiger partial charge in [-0.05, 0) is 24.1 Å². The molecule has 0 fully saturated rings. The molecule has 18 heavy (non-hydrogen) atoms. The summed E-state index contributed by atoms with van der Waals surface area (Å²) >= 11 is 0. The summed E-state index contributed by atoms with van der Waals surface area (Å²) in [5, 5.41) is 18.4. The van der Waals surface area contributed by atoms with Crippen LogP contribution in [0.2, 0.25) is 0 Å². The van der Waals surface area contributed by atoms with Gasteiger partial charge in [-0.15, -0.1) is 0 Å². The van der Waals surface area contributed by atoms with Crippen LogP contribution in [0.15, 0.2) is 24.3 Å². The lowest BCUT2D eigenvalue weighted by Crippen LogP contribution is -2.11. The molecule has 1 aromatic carbocycles. The van der Waals surface area contributed by atoms with Gasteiger partial charge in [0.1, 0.15) is 5.75 Å². The molecule has 0 saturated heterocycles. The van der Waals surface area contributed by atoms with Gasteiger partial charge >= 0.3 is 5.97 Å². The predicted molar refractivity (Wildman–Crippen MR) is 71.9 cm³/mol. The fraction of sp³-hybridized carbons (Fsp3) is 0.533. The lowest BCUT2D eigenvalue weighted by Gasteiger charge is -2.12. The zero-order chi connectivity index (χ0) is 13.4. The summed E-state index contributed by atoms with van der Waals surface area (Å²) in [6.45, 7) is 2.16. The maximum absolute atomic E-state index is 11.2. The van der Waals surface area contributed by atoms with Crippen LogP contribution in [0.1, 0.15) is 56.9 Å². The maximum atomic E-state index is 11.2. The van der Waals surface area contributed by atoms with E-state index in [1.165, 1.54) is 19.3 Å². The number of rotatable bonds is 8. The van der Waals surface area contributed by atoms with Crippen LogP contribution in [0, 0.1) is 0 Å². The number of aromatic hydroxyl groups is 1. The Balaban J connectivity index is 2.50. The molecule has 2 N–H and O–H groups in total. The van der Waals surface area contributed by atoms with E-state index in [4.69, 9.17) is 0 Å². The fourth-order valence-electron chi connectivity index (χ4n) is 2.09. The molecule has 0 aromatic heterocycles. The Hall–Kier alpha value is -1.51. The predicted octanol–water partition coefficient (Wildman–Crippen LogP) is 3.92. The molecule has 0 heterocycles. The molecule has 1 rings (SSSR count). The Morgan fingerprint density at radius 1 is 1.11 bits per heavy atom. The van der Waals surface area contributed by atoms with Crippen molar-refractivity contribution in [3.8, 4) is 5.75 Å². The topological polar surface area (TPSA) is 57.5 Å². The molecule has 100 valence electrons. The van der Waals surface area contributed by atoms with Crippen LogP contribution in [-0.4, -0.2) is 16.2 Å². The van der Waals surface area contributed by atoms with E-state index in [1.54, 1.807) is 24.3 Å². The van der Waals surface area contributed by atoms with E-state index in [0.29, 0.717) is 6.42 Å². The Kier molecular flexibility index (Phi) is 6.26. The van der Waals surface area contributed by atoms with Crippen molar-refractivity contribution in [2.45, 2.75) is 51.4 Å². The van der Waals surface area contributed by atoms with Crippen molar-refractivity contribution in [2.75, 3.05) is 0 Å². The lowest BCUT2D eigenvalue weighted by molar-refractivity contribution is -0.139. The van der Waals surface area contributed by atoms with E-state index >= 15 is 0 Å². The second-order valence-electron chi connectivity index (χ2n) is 4.69. The third-order valence-electron chi connectivity index (χ3n) is 3.19. The molecule has 1 unspecified atom stereocenters. The van der Waals surface area contributed by atoms with E-state index in [9.17, 15) is 15.0 Å². The van der Waals surface area contributed by atoms with E-state index in [-0.39, 0.29) is 5.75 Å². The number of phenols is 1. The third-order valence-corrected chi connectivity index (χ3v) is 3.19. The van der Waals surface area contributed by atoms with Crippen LogP contribution in [0.25, 0.3) is 0 Å². The second kappa shape index (κ2) is 7.75. The van der Waals surface area contributed by atoms with Gasteiger partial charge in [0.2, 0.25) is 0 Å². The highest BCUT2D eigenvalue weighted by Crippen LogP contribution is 2.24. The highest BCUT2D eigenvalue weighted by molar-refractivity contribution is 5.76. The molecule has 3 nitrogen and oxygen atoms in total. The van der Waals surface area contributed by atoms with Gasteiger partial charge in [-0.1, -0.05) is 51.2 Å². The molecule has 1 aromatic rings. The first kappa shape index (κ1) is 14.6. The quantitative estimate of drug-likeness (QED) is 0.687. The molecule has 0 aliphatic heterocycles. The van der Waals surface area contributed by atoms with Gasteiger partial charge in [-0.2, -0.15) is 0 Å². The van der Waals surface area contributed by atoms with Crippen LogP contribution in [0.4, 0.5) is 0 Å². The Labute approximate surface area is 108 Å². The van der Waals surface area contributed by atoms with Crippen molar-refractivity contribution < 1.29 is 15.0 Å². The van der Waals surface area contributed by atoms with Crippen molar-refractivity contribution in [2.24, 2.45) is 0 Å². The van der Waals surface area contributed by atoms with Gasteiger partial charge in [0.05, 0.1) is 5.92 Å². The normalized spacial score (nSPS) is 12.3. The van der Waals surface area contributed by atoms with Crippen LogP contribution in [0.3, 0.4) is 0 Å². The summed E-state index contributed by atoms with van der Waals surface area (Å²) in [6.07, 6.45) is 6.30. The minimum atomic E-state index is -0.781. The molecule has 1 atom stereocenters. The fourth-order valence-corrected chi connectivity index (χ4v) is 2.09. The van der Waals surface area contributed by atoms with Gasteiger partial charge in [0.25, 0.3) is 0 Å². The van der Waals surface area contributed by atoms with Crippen LogP contribution < -0.4 is 0 Å². The number of aliphatic carboxylic acids is 1. The van der Waals surface area contributed by atoms with Crippen molar-refractivity contribution >= 4 is 5.97 Å². The lowest BCUT2D eigenvalue weighted by atomic mass is 9.93. The highest BCUT2D eigenvalue weighted by Gasteiger charge is 2.18. The molecule has 0 radical (unpaired) electrons. The van der Waals surface area contributed by atoms with Gasteiger partial charge in [0, 0.05) is 0 Å². The molecule has 0 spiro atoms. The summed E-state index contributed by atoms with van der Waals surface area (Å²) in [4.78, 5) is 11.2. The number of hydrogen-bond acceptors (Lipinski definition) is 2. The summed E-state index contributed by atoms with van der Waals surface area (Å²) in [7, 11) is 0. The highest BCUT2D eigenvalue weighted by atomic mass is 16.4.